The summed E-state index contributed by atoms with van der Waals surface area (Å²) in [6.45, 7) is 5.63. The molecule has 0 radical (unpaired) electrons. The Morgan fingerprint density at radius 2 is 2.14 bits per heavy atom. The zero-order chi connectivity index (χ0) is 14.5. The molecule has 1 aromatic carbocycles. The molecule has 0 spiro atoms. The van der Waals surface area contributed by atoms with Crippen LogP contribution in [0.2, 0.25) is 0 Å². The maximum Gasteiger partial charge on any atom is 0.225 e. The summed E-state index contributed by atoms with van der Waals surface area (Å²) in [7, 11) is 0. The molecule has 0 bridgehead atoms. The van der Waals surface area contributed by atoms with Gasteiger partial charge in [0.25, 0.3) is 0 Å². The van der Waals surface area contributed by atoms with Crippen LogP contribution >= 0.6 is 0 Å². The number of anilines is 2. The average molecular weight is 286 g/mol. The van der Waals surface area contributed by atoms with Crippen molar-refractivity contribution >= 4 is 22.7 Å². The first-order chi connectivity index (χ1) is 10.4. The number of aromatic nitrogens is 2. The molecule has 1 fully saturated rings. The van der Waals surface area contributed by atoms with Crippen LogP contribution in [0.3, 0.4) is 0 Å². The zero-order valence-corrected chi connectivity index (χ0v) is 12.4. The first kappa shape index (κ1) is 14.1. The maximum absolute atomic E-state index is 5.42. The van der Waals surface area contributed by atoms with Crippen molar-refractivity contribution < 1.29 is 4.74 Å². The SMILES string of the molecule is CCCNc1nc(NCC2CCOC2)c2ccccc2n1. The van der Waals surface area contributed by atoms with Crippen molar-refractivity contribution in [1.82, 2.24) is 9.97 Å². The fraction of sp³-hybridized carbons (Fsp3) is 0.500. The smallest absolute Gasteiger partial charge is 0.225 e. The summed E-state index contributed by atoms with van der Waals surface area (Å²) in [5.41, 5.74) is 0.969. The molecule has 3 rings (SSSR count). The number of hydrogen-bond acceptors (Lipinski definition) is 5. The second kappa shape index (κ2) is 6.72. The van der Waals surface area contributed by atoms with Crippen LogP contribution in [0.15, 0.2) is 24.3 Å². The van der Waals surface area contributed by atoms with Gasteiger partial charge < -0.3 is 15.4 Å². The molecule has 1 atom stereocenters. The third-order valence-corrected chi connectivity index (χ3v) is 3.72. The maximum atomic E-state index is 5.42. The van der Waals surface area contributed by atoms with E-state index in [1.54, 1.807) is 0 Å². The highest BCUT2D eigenvalue weighted by Crippen LogP contribution is 2.23. The molecule has 1 aliphatic heterocycles. The molecule has 112 valence electrons. The van der Waals surface area contributed by atoms with Gasteiger partial charge in [0.05, 0.1) is 12.1 Å². The summed E-state index contributed by atoms with van der Waals surface area (Å²) >= 11 is 0. The Morgan fingerprint density at radius 1 is 1.24 bits per heavy atom. The van der Waals surface area contributed by atoms with Gasteiger partial charge in [0.2, 0.25) is 5.95 Å². The first-order valence-corrected chi connectivity index (χ1v) is 7.69. The van der Waals surface area contributed by atoms with Crippen LogP contribution < -0.4 is 10.6 Å². The van der Waals surface area contributed by atoms with Gasteiger partial charge in [-0.1, -0.05) is 19.1 Å². The van der Waals surface area contributed by atoms with E-state index in [1.165, 1.54) is 0 Å². The van der Waals surface area contributed by atoms with E-state index < -0.39 is 0 Å². The molecule has 0 aliphatic carbocycles. The Labute approximate surface area is 125 Å². The molecule has 2 aromatic rings. The molecule has 1 unspecified atom stereocenters. The molecular weight excluding hydrogens is 264 g/mol. The lowest BCUT2D eigenvalue weighted by molar-refractivity contribution is 0.187. The van der Waals surface area contributed by atoms with Crippen LogP contribution in [0.4, 0.5) is 11.8 Å². The lowest BCUT2D eigenvalue weighted by atomic mass is 10.1. The lowest BCUT2D eigenvalue weighted by Crippen LogP contribution is -2.16. The molecular formula is C16H22N4O. The second-order valence-electron chi connectivity index (χ2n) is 5.45. The molecule has 2 N–H and O–H groups in total. The quantitative estimate of drug-likeness (QED) is 0.855. The summed E-state index contributed by atoms with van der Waals surface area (Å²) in [5, 5.41) is 7.81. The highest BCUT2D eigenvalue weighted by molar-refractivity contribution is 5.90. The molecule has 2 heterocycles. The fourth-order valence-electron chi connectivity index (χ4n) is 2.51. The number of benzene rings is 1. The van der Waals surface area contributed by atoms with Gasteiger partial charge in [0.1, 0.15) is 5.82 Å². The normalized spacial score (nSPS) is 18.0. The predicted molar refractivity (Wildman–Crippen MR) is 85.7 cm³/mol. The average Bonchev–Trinajstić information content (AvgIpc) is 3.04. The summed E-state index contributed by atoms with van der Waals surface area (Å²) in [5.74, 6) is 2.18. The van der Waals surface area contributed by atoms with Gasteiger partial charge in [-0.05, 0) is 25.0 Å². The highest BCUT2D eigenvalue weighted by atomic mass is 16.5. The van der Waals surface area contributed by atoms with E-state index in [4.69, 9.17) is 4.74 Å². The van der Waals surface area contributed by atoms with E-state index in [-0.39, 0.29) is 0 Å². The van der Waals surface area contributed by atoms with Crippen molar-refractivity contribution in [3.8, 4) is 0 Å². The van der Waals surface area contributed by atoms with E-state index in [9.17, 15) is 0 Å². The topological polar surface area (TPSA) is 59.1 Å². The van der Waals surface area contributed by atoms with Gasteiger partial charge in [-0.15, -0.1) is 0 Å². The standard InChI is InChI=1S/C16H22N4O/c1-2-8-17-16-19-14-6-4-3-5-13(14)15(20-16)18-10-12-7-9-21-11-12/h3-6,12H,2,7-11H2,1H3,(H2,17,18,19,20). The molecule has 21 heavy (non-hydrogen) atoms. The van der Waals surface area contributed by atoms with E-state index in [2.05, 4.69) is 33.6 Å². The molecule has 0 saturated carbocycles. The molecule has 5 heteroatoms. The van der Waals surface area contributed by atoms with Gasteiger partial charge in [0, 0.05) is 31.0 Å². The largest absolute Gasteiger partial charge is 0.381 e. The van der Waals surface area contributed by atoms with Crippen LogP contribution in [0, 0.1) is 5.92 Å². The third kappa shape index (κ3) is 3.42. The van der Waals surface area contributed by atoms with Crippen molar-refractivity contribution in [2.24, 2.45) is 5.92 Å². The third-order valence-electron chi connectivity index (χ3n) is 3.72. The number of rotatable bonds is 6. The number of para-hydroxylation sites is 1. The Morgan fingerprint density at radius 3 is 2.95 bits per heavy atom. The van der Waals surface area contributed by atoms with Gasteiger partial charge in [0.15, 0.2) is 0 Å². The van der Waals surface area contributed by atoms with Crippen LogP contribution in [0.1, 0.15) is 19.8 Å². The molecule has 0 amide bonds. The van der Waals surface area contributed by atoms with Crippen LogP contribution in [0.5, 0.6) is 0 Å². The Hall–Kier alpha value is -1.88. The number of nitrogens with one attached hydrogen (secondary N) is 2. The van der Waals surface area contributed by atoms with Crippen LogP contribution in [-0.2, 0) is 4.74 Å². The van der Waals surface area contributed by atoms with Gasteiger partial charge in [-0.25, -0.2) is 4.98 Å². The minimum atomic E-state index is 0.575. The second-order valence-corrected chi connectivity index (χ2v) is 5.45. The minimum absolute atomic E-state index is 0.575. The van der Waals surface area contributed by atoms with E-state index >= 15 is 0 Å². The zero-order valence-electron chi connectivity index (χ0n) is 12.4. The van der Waals surface area contributed by atoms with Crippen molar-refractivity contribution in [1.29, 1.82) is 0 Å². The lowest BCUT2D eigenvalue weighted by Gasteiger charge is -2.13. The minimum Gasteiger partial charge on any atom is -0.381 e. The highest BCUT2D eigenvalue weighted by Gasteiger charge is 2.16. The molecule has 1 aromatic heterocycles. The van der Waals surface area contributed by atoms with Crippen LogP contribution in [0.25, 0.3) is 10.9 Å². The number of nitrogens with zero attached hydrogens (tertiary/aromatic N) is 2. The summed E-state index contributed by atoms with van der Waals surface area (Å²) in [6.07, 6.45) is 2.18. The number of hydrogen-bond donors (Lipinski definition) is 2. The Balaban J connectivity index is 1.82. The van der Waals surface area contributed by atoms with E-state index in [0.717, 1.165) is 55.9 Å². The summed E-state index contributed by atoms with van der Waals surface area (Å²) in [6, 6.07) is 8.12. The van der Waals surface area contributed by atoms with E-state index in [1.807, 2.05) is 18.2 Å². The Kier molecular flexibility index (Phi) is 4.50. The summed E-state index contributed by atoms with van der Waals surface area (Å²) < 4.78 is 5.42. The predicted octanol–water partition coefficient (Wildman–Crippen LogP) is 2.90. The fourth-order valence-corrected chi connectivity index (χ4v) is 2.51. The van der Waals surface area contributed by atoms with Gasteiger partial charge in [-0.3, -0.25) is 0 Å². The molecule has 5 nitrogen and oxygen atoms in total. The Bertz CT molecular complexity index is 596. The van der Waals surface area contributed by atoms with Crippen molar-refractivity contribution in [3.05, 3.63) is 24.3 Å². The summed E-state index contributed by atoms with van der Waals surface area (Å²) in [4.78, 5) is 9.19. The number of ether oxygens (including phenoxy) is 1. The number of fused-ring (bicyclic) bond motifs is 1. The van der Waals surface area contributed by atoms with Gasteiger partial charge >= 0.3 is 0 Å². The monoisotopic (exact) mass is 286 g/mol. The van der Waals surface area contributed by atoms with Gasteiger partial charge in [-0.2, -0.15) is 4.98 Å². The van der Waals surface area contributed by atoms with Crippen molar-refractivity contribution in [3.63, 3.8) is 0 Å². The van der Waals surface area contributed by atoms with E-state index in [0.29, 0.717) is 11.9 Å². The van der Waals surface area contributed by atoms with Crippen molar-refractivity contribution in [2.45, 2.75) is 19.8 Å². The first-order valence-electron chi connectivity index (χ1n) is 7.69. The molecule has 1 saturated heterocycles. The molecule has 1 aliphatic rings. The van der Waals surface area contributed by atoms with Crippen molar-refractivity contribution in [2.75, 3.05) is 36.9 Å². The van der Waals surface area contributed by atoms with Crippen LogP contribution in [-0.4, -0.2) is 36.3 Å².